The number of pyridine rings is 1. The lowest BCUT2D eigenvalue weighted by Gasteiger charge is -2.16. The van der Waals surface area contributed by atoms with Crippen molar-refractivity contribution in [3.8, 4) is 0 Å². The molecule has 1 aromatic heterocycles. The molecular formula is C16H14FN3O. The lowest BCUT2D eigenvalue weighted by Crippen LogP contribution is -2.23. The van der Waals surface area contributed by atoms with Gasteiger partial charge < -0.3 is 0 Å². The standard InChI is InChI=1S/C16H14FN3O/c17-13-8-2-1-7-12(13)16(21)20-19-14-9-3-5-11-6-4-10-18-15(11)14/h1-2,4,6-8,10H,3,5,9H2,(H,20,21)/b19-14+. The van der Waals surface area contributed by atoms with Gasteiger partial charge in [-0.05, 0) is 43.0 Å². The number of nitrogens with one attached hydrogen (secondary N) is 1. The molecule has 5 heteroatoms. The molecule has 0 aliphatic heterocycles. The molecule has 4 nitrogen and oxygen atoms in total. The third-order valence-corrected chi connectivity index (χ3v) is 3.44. The molecule has 21 heavy (non-hydrogen) atoms. The SMILES string of the molecule is O=C(N/N=C1\CCCc2cccnc21)c1ccccc1F. The average Bonchev–Trinajstić information content (AvgIpc) is 2.53. The van der Waals surface area contributed by atoms with Crippen molar-refractivity contribution < 1.29 is 9.18 Å². The minimum atomic E-state index is -0.558. The number of hydrogen-bond acceptors (Lipinski definition) is 3. The fraction of sp³-hybridized carbons (Fsp3) is 0.188. The minimum Gasteiger partial charge on any atom is -0.267 e. The molecule has 0 unspecified atom stereocenters. The Bertz CT molecular complexity index is 712. The Morgan fingerprint density at radius 2 is 2.05 bits per heavy atom. The number of halogens is 1. The molecule has 106 valence electrons. The first-order valence-electron chi connectivity index (χ1n) is 6.81. The fourth-order valence-electron chi connectivity index (χ4n) is 2.40. The number of aryl methyl sites for hydroxylation is 1. The summed E-state index contributed by atoms with van der Waals surface area (Å²) in [6, 6.07) is 9.73. The van der Waals surface area contributed by atoms with Crippen LogP contribution in [-0.4, -0.2) is 16.6 Å². The Kier molecular flexibility index (Phi) is 3.73. The van der Waals surface area contributed by atoms with Gasteiger partial charge in [-0.3, -0.25) is 9.78 Å². The highest BCUT2D eigenvalue weighted by atomic mass is 19.1. The highest BCUT2D eigenvalue weighted by Crippen LogP contribution is 2.19. The van der Waals surface area contributed by atoms with Crippen LogP contribution >= 0.6 is 0 Å². The van der Waals surface area contributed by atoms with E-state index in [0.717, 1.165) is 36.2 Å². The highest BCUT2D eigenvalue weighted by Gasteiger charge is 2.17. The van der Waals surface area contributed by atoms with Crippen LogP contribution in [0.25, 0.3) is 0 Å². The topological polar surface area (TPSA) is 54.4 Å². The van der Waals surface area contributed by atoms with E-state index in [1.54, 1.807) is 18.3 Å². The number of carbonyl (C=O) groups is 1. The van der Waals surface area contributed by atoms with E-state index in [0.29, 0.717) is 0 Å². The molecule has 0 saturated carbocycles. The Balaban J connectivity index is 1.82. The summed E-state index contributed by atoms with van der Waals surface area (Å²) in [6.45, 7) is 0. The summed E-state index contributed by atoms with van der Waals surface area (Å²) >= 11 is 0. The summed E-state index contributed by atoms with van der Waals surface area (Å²) in [4.78, 5) is 16.3. The van der Waals surface area contributed by atoms with Crippen molar-refractivity contribution in [3.63, 3.8) is 0 Å². The molecule has 1 N–H and O–H groups in total. The van der Waals surface area contributed by atoms with Crippen molar-refractivity contribution in [1.29, 1.82) is 0 Å². The van der Waals surface area contributed by atoms with Gasteiger partial charge >= 0.3 is 0 Å². The zero-order valence-corrected chi connectivity index (χ0v) is 11.3. The van der Waals surface area contributed by atoms with Gasteiger partial charge in [0, 0.05) is 6.20 Å². The number of hydrazone groups is 1. The van der Waals surface area contributed by atoms with Gasteiger partial charge in [-0.25, -0.2) is 9.82 Å². The third kappa shape index (κ3) is 2.81. The van der Waals surface area contributed by atoms with Gasteiger partial charge in [0.2, 0.25) is 0 Å². The van der Waals surface area contributed by atoms with Crippen LogP contribution in [0.4, 0.5) is 4.39 Å². The van der Waals surface area contributed by atoms with Crippen LogP contribution in [-0.2, 0) is 6.42 Å². The number of amides is 1. The second-order valence-corrected chi connectivity index (χ2v) is 4.84. The van der Waals surface area contributed by atoms with Crippen LogP contribution in [0.15, 0.2) is 47.7 Å². The van der Waals surface area contributed by atoms with E-state index < -0.39 is 11.7 Å². The Hall–Kier alpha value is -2.56. The van der Waals surface area contributed by atoms with Gasteiger partial charge in [0.15, 0.2) is 0 Å². The number of fused-ring (bicyclic) bond motifs is 1. The van der Waals surface area contributed by atoms with E-state index >= 15 is 0 Å². The normalized spacial score (nSPS) is 15.6. The Morgan fingerprint density at radius 1 is 1.19 bits per heavy atom. The summed E-state index contributed by atoms with van der Waals surface area (Å²) in [5.41, 5.74) is 5.09. The maximum absolute atomic E-state index is 13.5. The van der Waals surface area contributed by atoms with Crippen LogP contribution in [0.5, 0.6) is 0 Å². The molecule has 1 amide bonds. The second-order valence-electron chi connectivity index (χ2n) is 4.84. The molecule has 3 rings (SSSR count). The maximum Gasteiger partial charge on any atom is 0.274 e. The van der Waals surface area contributed by atoms with Gasteiger partial charge in [0.1, 0.15) is 5.82 Å². The van der Waals surface area contributed by atoms with Gasteiger partial charge in [-0.1, -0.05) is 18.2 Å². The van der Waals surface area contributed by atoms with Crippen molar-refractivity contribution >= 4 is 11.6 Å². The van der Waals surface area contributed by atoms with Crippen LogP contribution in [0, 0.1) is 5.82 Å². The maximum atomic E-state index is 13.5. The van der Waals surface area contributed by atoms with E-state index in [9.17, 15) is 9.18 Å². The van der Waals surface area contributed by atoms with Crippen molar-refractivity contribution in [1.82, 2.24) is 10.4 Å². The number of aromatic nitrogens is 1. The van der Waals surface area contributed by atoms with Crippen molar-refractivity contribution in [3.05, 3.63) is 65.2 Å². The predicted octanol–water partition coefficient (Wildman–Crippen LogP) is 2.69. The van der Waals surface area contributed by atoms with E-state index in [1.165, 1.54) is 12.1 Å². The summed E-state index contributed by atoms with van der Waals surface area (Å²) in [5, 5.41) is 4.13. The molecule has 0 spiro atoms. The van der Waals surface area contributed by atoms with E-state index in [1.807, 2.05) is 12.1 Å². The number of carbonyl (C=O) groups excluding carboxylic acids is 1. The molecule has 0 atom stereocenters. The zero-order chi connectivity index (χ0) is 14.7. The molecule has 1 aliphatic rings. The van der Waals surface area contributed by atoms with E-state index in [2.05, 4.69) is 15.5 Å². The summed E-state index contributed by atoms with van der Waals surface area (Å²) < 4.78 is 13.5. The van der Waals surface area contributed by atoms with Crippen LogP contribution in [0.3, 0.4) is 0 Å². The van der Waals surface area contributed by atoms with Crippen molar-refractivity contribution in [2.75, 3.05) is 0 Å². The first-order chi connectivity index (χ1) is 10.3. The van der Waals surface area contributed by atoms with Crippen molar-refractivity contribution in [2.24, 2.45) is 5.10 Å². The first-order valence-corrected chi connectivity index (χ1v) is 6.81. The summed E-state index contributed by atoms with van der Waals surface area (Å²) in [6.07, 6.45) is 4.39. The summed E-state index contributed by atoms with van der Waals surface area (Å²) in [5.74, 6) is -1.11. The second kappa shape index (κ2) is 5.83. The molecule has 1 aliphatic carbocycles. The van der Waals surface area contributed by atoms with Gasteiger partial charge in [0.05, 0.1) is 17.0 Å². The van der Waals surface area contributed by atoms with Crippen LogP contribution < -0.4 is 5.43 Å². The third-order valence-electron chi connectivity index (χ3n) is 3.44. The largest absolute Gasteiger partial charge is 0.274 e. The monoisotopic (exact) mass is 283 g/mol. The van der Waals surface area contributed by atoms with Crippen LogP contribution in [0.2, 0.25) is 0 Å². The average molecular weight is 283 g/mol. The Labute approximate surface area is 121 Å². The lowest BCUT2D eigenvalue weighted by atomic mass is 9.95. The molecule has 0 fully saturated rings. The molecule has 0 bridgehead atoms. The molecule has 0 radical (unpaired) electrons. The number of nitrogens with zero attached hydrogens (tertiary/aromatic N) is 2. The first kappa shape index (κ1) is 13.4. The summed E-state index contributed by atoms with van der Waals surface area (Å²) in [7, 11) is 0. The number of hydrogen-bond donors (Lipinski definition) is 1. The molecule has 1 heterocycles. The smallest absolute Gasteiger partial charge is 0.267 e. The minimum absolute atomic E-state index is 0.0149. The molecule has 2 aromatic rings. The van der Waals surface area contributed by atoms with E-state index in [4.69, 9.17) is 0 Å². The van der Waals surface area contributed by atoms with Crippen LogP contribution in [0.1, 0.15) is 34.5 Å². The number of rotatable bonds is 2. The zero-order valence-electron chi connectivity index (χ0n) is 11.3. The Morgan fingerprint density at radius 3 is 2.90 bits per heavy atom. The van der Waals surface area contributed by atoms with Crippen molar-refractivity contribution in [2.45, 2.75) is 19.3 Å². The quantitative estimate of drug-likeness (QED) is 0.861. The predicted molar refractivity (Wildman–Crippen MR) is 77.6 cm³/mol. The highest BCUT2D eigenvalue weighted by molar-refractivity contribution is 6.02. The number of benzene rings is 1. The fourth-order valence-corrected chi connectivity index (χ4v) is 2.40. The van der Waals surface area contributed by atoms with Gasteiger partial charge in [-0.2, -0.15) is 5.10 Å². The lowest BCUT2D eigenvalue weighted by molar-refractivity contribution is 0.0950. The van der Waals surface area contributed by atoms with Gasteiger partial charge in [0.25, 0.3) is 5.91 Å². The molecular weight excluding hydrogens is 269 g/mol. The van der Waals surface area contributed by atoms with Gasteiger partial charge in [-0.15, -0.1) is 0 Å². The molecule has 1 aromatic carbocycles. The van der Waals surface area contributed by atoms with E-state index in [-0.39, 0.29) is 5.56 Å². The molecule has 0 saturated heterocycles.